The average molecular weight is 530 g/mol. The lowest BCUT2D eigenvalue weighted by Crippen LogP contribution is -2.02. The fourth-order valence-electron chi connectivity index (χ4n) is 5.60. The summed E-state index contributed by atoms with van der Waals surface area (Å²) in [7, 11) is 0. The van der Waals surface area contributed by atoms with Gasteiger partial charge in [-0.1, -0.05) is 109 Å². The first-order valence-electron chi connectivity index (χ1n) is 13.3. The second kappa shape index (κ2) is 9.30. The maximum atomic E-state index is 5.16. The molecule has 0 bridgehead atoms. The van der Waals surface area contributed by atoms with Crippen LogP contribution in [-0.2, 0) is 0 Å². The van der Waals surface area contributed by atoms with Crippen LogP contribution in [0.15, 0.2) is 139 Å². The molecule has 8 aromatic rings. The first-order valence-corrected chi connectivity index (χ1v) is 14.2. The Balaban J connectivity index is 1.38. The first kappa shape index (κ1) is 22.9. The number of benzene rings is 5. The molecule has 8 rings (SSSR count). The van der Waals surface area contributed by atoms with Crippen molar-refractivity contribution in [1.29, 1.82) is 0 Å². The number of fused-ring (bicyclic) bond motifs is 5. The number of rotatable bonds is 4. The van der Waals surface area contributed by atoms with E-state index >= 15 is 0 Å². The second-order valence-electron chi connectivity index (χ2n) is 9.90. The van der Waals surface area contributed by atoms with E-state index in [2.05, 4.69) is 119 Å². The molecule has 4 heteroatoms. The lowest BCUT2D eigenvalue weighted by Gasteiger charge is -2.12. The normalized spacial score (nSPS) is 11.5. The topological polar surface area (TPSA) is 30.7 Å². The number of hydrogen-bond donors (Lipinski definition) is 0. The summed E-state index contributed by atoms with van der Waals surface area (Å²) in [6.45, 7) is 0. The highest BCUT2D eigenvalue weighted by Crippen LogP contribution is 2.39. The minimum absolute atomic E-state index is 0.711. The molecule has 0 radical (unpaired) electrons. The van der Waals surface area contributed by atoms with Gasteiger partial charge in [0.2, 0.25) is 0 Å². The van der Waals surface area contributed by atoms with Crippen LogP contribution in [0.3, 0.4) is 0 Å². The first-order chi connectivity index (χ1) is 19.8. The van der Waals surface area contributed by atoms with Gasteiger partial charge in [-0.3, -0.25) is 4.57 Å². The Kier molecular flexibility index (Phi) is 5.32. The van der Waals surface area contributed by atoms with Crippen LogP contribution in [0.5, 0.6) is 0 Å². The van der Waals surface area contributed by atoms with Gasteiger partial charge in [-0.25, -0.2) is 9.97 Å². The molecule has 3 nitrogen and oxygen atoms in total. The van der Waals surface area contributed by atoms with Crippen LogP contribution < -0.4 is 0 Å². The van der Waals surface area contributed by atoms with E-state index in [1.807, 2.05) is 24.3 Å². The van der Waals surface area contributed by atoms with E-state index in [1.165, 1.54) is 32.0 Å². The fourth-order valence-corrected chi connectivity index (χ4v) is 6.56. The van der Waals surface area contributed by atoms with Crippen molar-refractivity contribution in [3.63, 3.8) is 0 Å². The van der Waals surface area contributed by atoms with E-state index < -0.39 is 0 Å². The van der Waals surface area contributed by atoms with Gasteiger partial charge in [-0.05, 0) is 40.1 Å². The Morgan fingerprint density at radius 3 is 2.00 bits per heavy atom. The lowest BCUT2D eigenvalue weighted by molar-refractivity contribution is 1.05. The molecule has 188 valence electrons. The molecular weight excluding hydrogens is 506 g/mol. The molecule has 40 heavy (non-hydrogen) atoms. The van der Waals surface area contributed by atoms with Gasteiger partial charge in [-0.15, -0.1) is 11.3 Å². The predicted molar refractivity (Wildman–Crippen MR) is 168 cm³/mol. The molecule has 0 aliphatic carbocycles. The summed E-state index contributed by atoms with van der Waals surface area (Å²) in [5.41, 5.74) is 7.62. The van der Waals surface area contributed by atoms with Gasteiger partial charge in [0, 0.05) is 32.7 Å². The largest absolute Gasteiger partial charge is 0.294 e. The van der Waals surface area contributed by atoms with Gasteiger partial charge in [0.05, 0.1) is 16.7 Å². The minimum atomic E-state index is 0.711. The van der Waals surface area contributed by atoms with Crippen molar-refractivity contribution in [2.45, 2.75) is 0 Å². The van der Waals surface area contributed by atoms with Crippen molar-refractivity contribution < 1.29 is 0 Å². The third kappa shape index (κ3) is 3.73. The van der Waals surface area contributed by atoms with Gasteiger partial charge in [0.25, 0.3) is 0 Å². The number of para-hydroxylation sites is 1. The molecule has 0 fully saturated rings. The Bertz CT molecular complexity index is 2140. The molecule has 0 saturated carbocycles. The third-order valence-corrected chi connectivity index (χ3v) is 8.46. The fraction of sp³-hybridized carbons (Fsp3) is 0. The van der Waals surface area contributed by atoms with Crippen LogP contribution in [0.25, 0.3) is 71.5 Å². The second-order valence-corrected chi connectivity index (χ2v) is 10.8. The zero-order chi connectivity index (χ0) is 26.5. The van der Waals surface area contributed by atoms with E-state index in [0.717, 1.165) is 33.7 Å². The van der Waals surface area contributed by atoms with E-state index in [0.29, 0.717) is 5.82 Å². The molecule has 5 aromatic carbocycles. The van der Waals surface area contributed by atoms with E-state index in [1.54, 1.807) is 11.3 Å². The molecule has 0 amide bonds. The summed E-state index contributed by atoms with van der Waals surface area (Å²) >= 11 is 1.79. The summed E-state index contributed by atoms with van der Waals surface area (Å²) < 4.78 is 3.60. The van der Waals surface area contributed by atoms with Crippen LogP contribution in [0.2, 0.25) is 0 Å². The highest BCUT2D eigenvalue weighted by molar-refractivity contribution is 7.18. The van der Waals surface area contributed by atoms with Crippen molar-refractivity contribution >= 4 is 43.2 Å². The molecule has 0 saturated heterocycles. The molecule has 0 N–H and O–H groups in total. The Morgan fingerprint density at radius 1 is 0.525 bits per heavy atom. The van der Waals surface area contributed by atoms with Crippen molar-refractivity contribution in [2.75, 3.05) is 0 Å². The molecule has 0 aliphatic rings. The summed E-state index contributed by atoms with van der Waals surface area (Å²) in [6.07, 6.45) is 0. The molecule has 0 spiro atoms. The molecule has 0 atom stereocenters. The smallest absolute Gasteiger partial charge is 0.162 e. The Hall–Kier alpha value is -5.06. The SMILES string of the molecule is c1ccc(-c2ccc(-c3cc(-n4c5ccccc5c5c6sccc6ccc54)nc(-c4ccccc4)n3)cc2)cc1. The Morgan fingerprint density at radius 2 is 1.20 bits per heavy atom. The van der Waals surface area contributed by atoms with E-state index in [-0.39, 0.29) is 0 Å². The lowest BCUT2D eigenvalue weighted by atomic mass is 10.0. The van der Waals surface area contributed by atoms with Gasteiger partial charge >= 0.3 is 0 Å². The minimum Gasteiger partial charge on any atom is -0.294 e. The quantitative estimate of drug-likeness (QED) is 0.227. The number of aromatic nitrogens is 3. The summed E-state index contributed by atoms with van der Waals surface area (Å²) in [6, 6.07) is 46.7. The van der Waals surface area contributed by atoms with Crippen molar-refractivity contribution in [3.8, 4) is 39.6 Å². The molecular formula is C36H23N3S. The van der Waals surface area contributed by atoms with E-state index in [9.17, 15) is 0 Å². The van der Waals surface area contributed by atoms with Crippen molar-refractivity contribution in [3.05, 3.63) is 139 Å². The van der Waals surface area contributed by atoms with Crippen molar-refractivity contribution in [2.24, 2.45) is 0 Å². The van der Waals surface area contributed by atoms with Crippen molar-refractivity contribution in [1.82, 2.24) is 14.5 Å². The van der Waals surface area contributed by atoms with Gasteiger partial charge in [-0.2, -0.15) is 0 Å². The van der Waals surface area contributed by atoms with Crippen LogP contribution in [0.4, 0.5) is 0 Å². The monoisotopic (exact) mass is 529 g/mol. The maximum absolute atomic E-state index is 5.16. The molecule has 0 aliphatic heterocycles. The summed E-state index contributed by atoms with van der Waals surface area (Å²) in [4.78, 5) is 10.2. The Labute approximate surface area is 235 Å². The zero-order valence-electron chi connectivity index (χ0n) is 21.5. The average Bonchev–Trinajstić information content (AvgIpc) is 3.64. The molecule has 3 aromatic heterocycles. The van der Waals surface area contributed by atoms with Gasteiger partial charge in [0.1, 0.15) is 5.82 Å². The van der Waals surface area contributed by atoms with Crippen LogP contribution in [-0.4, -0.2) is 14.5 Å². The van der Waals surface area contributed by atoms with Gasteiger partial charge in [0.15, 0.2) is 5.82 Å². The van der Waals surface area contributed by atoms with Crippen LogP contribution in [0.1, 0.15) is 0 Å². The number of thiophene rings is 1. The number of hydrogen-bond acceptors (Lipinski definition) is 3. The summed E-state index contributed by atoms with van der Waals surface area (Å²) in [5, 5.41) is 5.95. The molecule has 0 unspecified atom stereocenters. The maximum Gasteiger partial charge on any atom is 0.162 e. The summed E-state index contributed by atoms with van der Waals surface area (Å²) in [5.74, 6) is 1.57. The predicted octanol–water partition coefficient (Wildman–Crippen LogP) is 9.79. The zero-order valence-corrected chi connectivity index (χ0v) is 22.3. The number of nitrogens with zero attached hydrogens (tertiary/aromatic N) is 3. The van der Waals surface area contributed by atoms with Gasteiger partial charge < -0.3 is 0 Å². The highest BCUT2D eigenvalue weighted by Gasteiger charge is 2.18. The van der Waals surface area contributed by atoms with E-state index in [4.69, 9.17) is 9.97 Å². The standard InChI is InChI=1S/C36H23N3S/c1-3-9-24(10-4-1)25-15-17-26(18-16-25)30-23-33(38-36(37-30)28-11-5-2-6-12-28)39-31-14-8-7-13-29(31)34-32(39)20-19-27-21-22-40-35(27)34/h1-23H. The highest BCUT2D eigenvalue weighted by atomic mass is 32.1. The third-order valence-electron chi connectivity index (χ3n) is 7.52. The van der Waals surface area contributed by atoms with Crippen LogP contribution >= 0.6 is 11.3 Å². The molecule has 3 heterocycles. The van der Waals surface area contributed by atoms with Crippen LogP contribution in [0, 0.1) is 0 Å².